The number of rotatable bonds is 3. The molecule has 1 fully saturated rings. The Hall–Kier alpha value is -2.77. The van der Waals surface area contributed by atoms with Gasteiger partial charge < -0.3 is 14.6 Å². The molecule has 0 radical (unpaired) electrons. The molecule has 1 aliphatic rings. The van der Waals surface area contributed by atoms with Crippen LogP contribution in [-0.2, 0) is 11.0 Å². The number of aryl methyl sites for hydroxylation is 1. The summed E-state index contributed by atoms with van der Waals surface area (Å²) in [7, 11) is 0. The molecule has 0 bridgehead atoms. The van der Waals surface area contributed by atoms with E-state index in [4.69, 9.17) is 4.42 Å². The number of anilines is 1. The van der Waals surface area contributed by atoms with Crippen LogP contribution in [0.3, 0.4) is 0 Å². The number of furan rings is 1. The Labute approximate surface area is 154 Å². The van der Waals surface area contributed by atoms with E-state index in [9.17, 15) is 22.8 Å². The van der Waals surface area contributed by atoms with E-state index >= 15 is 0 Å². The molecule has 1 aliphatic heterocycles. The van der Waals surface area contributed by atoms with Crippen molar-refractivity contribution in [1.29, 1.82) is 0 Å². The zero-order valence-corrected chi connectivity index (χ0v) is 14.7. The number of nitrogens with zero attached hydrogens (tertiary/aromatic N) is 1. The molecule has 2 amide bonds. The van der Waals surface area contributed by atoms with Crippen molar-refractivity contribution in [3.63, 3.8) is 0 Å². The largest absolute Gasteiger partial charge is 0.472 e. The van der Waals surface area contributed by atoms with Crippen molar-refractivity contribution >= 4 is 17.5 Å². The van der Waals surface area contributed by atoms with Gasteiger partial charge in [-0.25, -0.2) is 0 Å². The van der Waals surface area contributed by atoms with Crippen molar-refractivity contribution in [2.75, 3.05) is 18.4 Å². The van der Waals surface area contributed by atoms with E-state index in [2.05, 4.69) is 5.32 Å². The number of benzene rings is 1. The molecule has 0 aliphatic carbocycles. The fourth-order valence-corrected chi connectivity index (χ4v) is 3.16. The van der Waals surface area contributed by atoms with Crippen molar-refractivity contribution in [3.8, 4) is 0 Å². The minimum Gasteiger partial charge on any atom is -0.472 e. The third kappa shape index (κ3) is 4.32. The van der Waals surface area contributed by atoms with E-state index in [0.717, 1.165) is 6.07 Å². The fraction of sp³-hybridized carbons (Fsp3) is 0.368. The first-order valence-corrected chi connectivity index (χ1v) is 8.56. The molecule has 8 heteroatoms. The van der Waals surface area contributed by atoms with Crippen molar-refractivity contribution in [2.45, 2.75) is 25.9 Å². The van der Waals surface area contributed by atoms with Gasteiger partial charge in [-0.2, -0.15) is 13.2 Å². The number of hydrogen-bond acceptors (Lipinski definition) is 3. The first-order chi connectivity index (χ1) is 12.8. The van der Waals surface area contributed by atoms with E-state index in [-0.39, 0.29) is 29.0 Å². The topological polar surface area (TPSA) is 62.6 Å². The maximum absolute atomic E-state index is 13.0. The Morgan fingerprint density at radius 3 is 2.48 bits per heavy atom. The van der Waals surface area contributed by atoms with E-state index in [1.807, 2.05) is 0 Å². The van der Waals surface area contributed by atoms with Gasteiger partial charge >= 0.3 is 6.18 Å². The van der Waals surface area contributed by atoms with Crippen LogP contribution in [0.15, 0.2) is 41.2 Å². The number of halogens is 3. The number of carbonyl (C=O) groups is 2. The third-order valence-electron chi connectivity index (χ3n) is 4.73. The average Bonchev–Trinajstić information content (AvgIpc) is 3.16. The van der Waals surface area contributed by atoms with Crippen LogP contribution >= 0.6 is 0 Å². The first kappa shape index (κ1) is 19.0. The van der Waals surface area contributed by atoms with E-state index < -0.39 is 11.7 Å². The third-order valence-corrected chi connectivity index (χ3v) is 4.73. The van der Waals surface area contributed by atoms with Crippen LogP contribution in [0.2, 0.25) is 0 Å². The van der Waals surface area contributed by atoms with E-state index in [0.29, 0.717) is 31.5 Å². The lowest BCUT2D eigenvalue weighted by atomic mass is 9.95. The molecule has 1 aromatic heterocycles. The Morgan fingerprint density at radius 2 is 1.89 bits per heavy atom. The summed E-state index contributed by atoms with van der Waals surface area (Å²) in [6.07, 6.45) is -0.772. The molecule has 27 heavy (non-hydrogen) atoms. The Morgan fingerprint density at radius 1 is 1.19 bits per heavy atom. The van der Waals surface area contributed by atoms with Gasteiger partial charge in [0.25, 0.3) is 5.91 Å². The van der Waals surface area contributed by atoms with Crippen LogP contribution in [0.1, 0.15) is 34.3 Å². The second-order valence-corrected chi connectivity index (χ2v) is 6.60. The summed E-state index contributed by atoms with van der Waals surface area (Å²) < 4.78 is 43.9. The lowest BCUT2D eigenvalue weighted by Gasteiger charge is -2.31. The van der Waals surface area contributed by atoms with Gasteiger partial charge in [0.1, 0.15) is 6.26 Å². The number of hydrogen-bond donors (Lipinski definition) is 1. The number of likely N-dealkylation sites (tertiary alicyclic amines) is 1. The molecular weight excluding hydrogens is 361 g/mol. The predicted molar refractivity (Wildman–Crippen MR) is 92.1 cm³/mol. The summed E-state index contributed by atoms with van der Waals surface area (Å²) in [6, 6.07) is 5.33. The van der Waals surface area contributed by atoms with Gasteiger partial charge in [0, 0.05) is 24.7 Å². The molecule has 5 nitrogen and oxygen atoms in total. The first-order valence-electron chi connectivity index (χ1n) is 8.56. The second kappa shape index (κ2) is 7.46. The summed E-state index contributed by atoms with van der Waals surface area (Å²) in [4.78, 5) is 26.3. The second-order valence-electron chi connectivity index (χ2n) is 6.60. The zero-order valence-electron chi connectivity index (χ0n) is 14.7. The van der Waals surface area contributed by atoms with E-state index in [1.165, 1.54) is 31.6 Å². The molecule has 2 heterocycles. The maximum Gasteiger partial charge on any atom is 0.416 e. The molecule has 1 saturated heterocycles. The monoisotopic (exact) mass is 380 g/mol. The molecule has 1 aromatic carbocycles. The highest BCUT2D eigenvalue weighted by Crippen LogP contribution is 2.33. The highest BCUT2D eigenvalue weighted by atomic mass is 19.4. The van der Waals surface area contributed by atoms with Crippen molar-refractivity contribution < 1.29 is 27.2 Å². The number of piperidine rings is 1. The van der Waals surface area contributed by atoms with Crippen LogP contribution < -0.4 is 5.32 Å². The molecule has 2 aromatic rings. The molecule has 0 spiro atoms. The fourth-order valence-electron chi connectivity index (χ4n) is 3.16. The van der Waals surface area contributed by atoms with Crippen LogP contribution in [-0.4, -0.2) is 29.8 Å². The highest BCUT2D eigenvalue weighted by Gasteiger charge is 2.33. The van der Waals surface area contributed by atoms with Crippen molar-refractivity contribution in [1.82, 2.24) is 4.90 Å². The number of carbonyl (C=O) groups excluding carboxylic acids is 2. The van der Waals surface area contributed by atoms with Crippen molar-refractivity contribution in [3.05, 3.63) is 53.5 Å². The zero-order chi connectivity index (χ0) is 19.6. The summed E-state index contributed by atoms with van der Waals surface area (Å²) in [5.41, 5.74) is -0.0838. The molecular formula is C19H19F3N2O3. The minimum atomic E-state index is -4.47. The van der Waals surface area contributed by atoms with Crippen molar-refractivity contribution in [2.24, 2.45) is 5.92 Å². The Kier molecular flexibility index (Phi) is 5.25. The minimum absolute atomic E-state index is 0.103. The Bertz CT molecular complexity index is 823. The predicted octanol–water partition coefficient (Wildman–Crippen LogP) is 4.10. The van der Waals surface area contributed by atoms with E-state index in [1.54, 1.807) is 11.0 Å². The summed E-state index contributed by atoms with van der Waals surface area (Å²) in [6.45, 7) is 2.19. The lowest BCUT2D eigenvalue weighted by molar-refractivity contribution is -0.138. The standard InChI is InChI=1S/C19H19F3N2O3/c1-12-2-3-15(10-16(12)19(20,21)22)23-17(25)13-4-7-24(8-5-13)18(26)14-6-9-27-11-14/h2-3,6,9-11,13H,4-5,7-8H2,1H3,(H,23,25). The molecule has 1 N–H and O–H groups in total. The van der Waals surface area contributed by atoms with Gasteiger partial charge in [-0.05, 0) is 43.5 Å². The van der Waals surface area contributed by atoms with Crippen LogP contribution in [0, 0.1) is 12.8 Å². The normalized spacial score (nSPS) is 15.6. The van der Waals surface area contributed by atoms with Gasteiger partial charge in [-0.3, -0.25) is 9.59 Å². The van der Waals surface area contributed by atoms with Crippen LogP contribution in [0.5, 0.6) is 0 Å². The quantitative estimate of drug-likeness (QED) is 0.872. The maximum atomic E-state index is 13.0. The smallest absolute Gasteiger partial charge is 0.416 e. The van der Waals surface area contributed by atoms with Gasteiger partial charge in [-0.15, -0.1) is 0 Å². The number of amides is 2. The van der Waals surface area contributed by atoms with Gasteiger partial charge in [0.15, 0.2) is 0 Å². The highest BCUT2D eigenvalue weighted by molar-refractivity contribution is 5.95. The molecule has 144 valence electrons. The van der Waals surface area contributed by atoms with Gasteiger partial charge in [0.2, 0.25) is 5.91 Å². The SMILES string of the molecule is Cc1ccc(NC(=O)C2CCN(C(=O)c3ccoc3)CC2)cc1C(F)(F)F. The average molecular weight is 380 g/mol. The van der Waals surface area contributed by atoms with Crippen LogP contribution in [0.25, 0.3) is 0 Å². The summed E-state index contributed by atoms with van der Waals surface area (Å²) in [5, 5.41) is 2.57. The number of alkyl halides is 3. The summed E-state index contributed by atoms with van der Waals surface area (Å²) >= 11 is 0. The van der Waals surface area contributed by atoms with Crippen LogP contribution in [0.4, 0.5) is 18.9 Å². The molecule has 0 saturated carbocycles. The molecule has 3 rings (SSSR count). The molecule has 0 unspecified atom stereocenters. The number of nitrogens with one attached hydrogen (secondary N) is 1. The lowest BCUT2D eigenvalue weighted by Crippen LogP contribution is -2.41. The van der Waals surface area contributed by atoms with Gasteiger partial charge in [0.05, 0.1) is 17.4 Å². The van der Waals surface area contributed by atoms with Gasteiger partial charge in [-0.1, -0.05) is 6.07 Å². The summed E-state index contributed by atoms with van der Waals surface area (Å²) in [5.74, 6) is -0.840. The molecule has 0 atom stereocenters. The Balaban J connectivity index is 1.59.